The van der Waals surface area contributed by atoms with E-state index >= 15 is 0 Å². The highest BCUT2D eigenvalue weighted by molar-refractivity contribution is 5.88. The zero-order valence-corrected chi connectivity index (χ0v) is 7.86. The van der Waals surface area contributed by atoms with Gasteiger partial charge in [-0.3, -0.25) is 19.2 Å². The molecule has 0 aliphatic rings. The summed E-state index contributed by atoms with van der Waals surface area (Å²) in [6.07, 6.45) is -0.572. The molecular formula is C8H10O6. The maximum Gasteiger partial charge on any atom is 0.314 e. The smallest absolute Gasteiger partial charge is 0.314 e. The Bertz CT molecular complexity index is 239. The third-order valence-electron chi connectivity index (χ3n) is 1.05. The molecule has 0 aromatic carbocycles. The molecule has 0 rings (SSSR count). The molecule has 0 bridgehead atoms. The Balaban J connectivity index is 3.72. The second kappa shape index (κ2) is 5.85. The van der Waals surface area contributed by atoms with Gasteiger partial charge in [0.1, 0.15) is 0 Å². The van der Waals surface area contributed by atoms with Crippen LogP contribution in [0.25, 0.3) is 0 Å². The molecular weight excluding hydrogens is 192 g/mol. The summed E-state index contributed by atoms with van der Waals surface area (Å²) in [5.74, 6) is -3.12. The maximum absolute atomic E-state index is 10.7. The van der Waals surface area contributed by atoms with Crippen molar-refractivity contribution in [3.05, 3.63) is 0 Å². The lowest BCUT2D eigenvalue weighted by molar-refractivity contribution is -0.163. The van der Waals surface area contributed by atoms with E-state index in [1.54, 1.807) is 0 Å². The van der Waals surface area contributed by atoms with Crippen molar-refractivity contribution in [2.45, 2.75) is 26.7 Å². The number of hydrogen-bond donors (Lipinski definition) is 0. The third kappa shape index (κ3) is 6.96. The predicted molar refractivity (Wildman–Crippen MR) is 42.8 cm³/mol. The quantitative estimate of drug-likeness (QED) is 0.471. The number of rotatable bonds is 3. The lowest BCUT2D eigenvalue weighted by Gasteiger charge is -1.99. The largest absolute Gasteiger partial charge is 0.393 e. The predicted octanol–water partition coefficient (Wildman–Crippen LogP) is -0.0540. The molecule has 0 unspecified atom stereocenters. The first kappa shape index (κ1) is 12.3. The van der Waals surface area contributed by atoms with Gasteiger partial charge in [-0.2, -0.15) is 0 Å². The lowest BCUT2D eigenvalue weighted by Crippen LogP contribution is -2.14. The van der Waals surface area contributed by atoms with E-state index in [2.05, 4.69) is 9.47 Å². The van der Waals surface area contributed by atoms with E-state index < -0.39 is 23.9 Å². The molecule has 0 aromatic heterocycles. The summed E-state index contributed by atoms with van der Waals surface area (Å²) in [5.41, 5.74) is 0. The summed E-state index contributed by atoms with van der Waals surface area (Å²) in [6.45, 7) is 2.15. The molecule has 0 saturated heterocycles. The van der Waals surface area contributed by atoms with Crippen LogP contribution in [0.2, 0.25) is 0 Å². The van der Waals surface area contributed by atoms with E-state index in [0.717, 1.165) is 13.8 Å². The molecule has 6 nitrogen and oxygen atoms in total. The molecule has 0 fully saturated rings. The van der Waals surface area contributed by atoms with Gasteiger partial charge in [0.2, 0.25) is 0 Å². The van der Waals surface area contributed by atoms with E-state index in [9.17, 15) is 19.2 Å². The second-order valence-corrected chi connectivity index (χ2v) is 2.43. The molecule has 0 N–H and O–H groups in total. The fourth-order valence-electron chi connectivity index (χ4n) is 0.627. The molecule has 0 atom stereocenters. The van der Waals surface area contributed by atoms with E-state index in [-0.39, 0.29) is 12.8 Å². The van der Waals surface area contributed by atoms with Gasteiger partial charge in [0.05, 0.1) is 12.8 Å². The van der Waals surface area contributed by atoms with Crippen LogP contribution in [0.4, 0.5) is 0 Å². The van der Waals surface area contributed by atoms with Crippen LogP contribution in [-0.4, -0.2) is 23.9 Å². The first-order chi connectivity index (χ1) is 6.41. The standard InChI is InChI=1S/C8H10O6/c1-5(9)13-7(11)3-4-8(12)14-6(2)10/h3-4H2,1-2H3. The summed E-state index contributed by atoms with van der Waals surface area (Å²) in [7, 11) is 0. The Labute approximate surface area is 80.2 Å². The van der Waals surface area contributed by atoms with Gasteiger partial charge in [-0.1, -0.05) is 0 Å². The van der Waals surface area contributed by atoms with Gasteiger partial charge in [0, 0.05) is 13.8 Å². The van der Waals surface area contributed by atoms with Gasteiger partial charge in [0.25, 0.3) is 0 Å². The van der Waals surface area contributed by atoms with Gasteiger partial charge in [-0.05, 0) is 0 Å². The zero-order chi connectivity index (χ0) is 11.1. The zero-order valence-electron chi connectivity index (χ0n) is 7.86. The summed E-state index contributed by atoms with van der Waals surface area (Å²) in [4.78, 5) is 41.9. The highest BCUT2D eigenvalue weighted by Gasteiger charge is 2.11. The third-order valence-corrected chi connectivity index (χ3v) is 1.05. The fourth-order valence-corrected chi connectivity index (χ4v) is 0.627. The minimum Gasteiger partial charge on any atom is -0.393 e. The van der Waals surface area contributed by atoms with Crippen LogP contribution in [0.15, 0.2) is 0 Å². The lowest BCUT2D eigenvalue weighted by atomic mass is 10.3. The van der Waals surface area contributed by atoms with Crippen molar-refractivity contribution in [3.8, 4) is 0 Å². The maximum atomic E-state index is 10.7. The molecule has 0 heterocycles. The summed E-state index contributed by atoms with van der Waals surface area (Å²) in [6, 6.07) is 0. The van der Waals surface area contributed by atoms with E-state index in [1.807, 2.05) is 0 Å². The van der Waals surface area contributed by atoms with Crippen molar-refractivity contribution < 1.29 is 28.7 Å². The molecule has 0 spiro atoms. The summed E-state index contributed by atoms with van der Waals surface area (Å²) < 4.78 is 8.27. The van der Waals surface area contributed by atoms with Crippen molar-refractivity contribution in [2.24, 2.45) is 0 Å². The van der Waals surface area contributed by atoms with Gasteiger partial charge in [0.15, 0.2) is 0 Å². The van der Waals surface area contributed by atoms with Gasteiger partial charge in [-0.25, -0.2) is 0 Å². The van der Waals surface area contributed by atoms with Crippen LogP contribution >= 0.6 is 0 Å². The van der Waals surface area contributed by atoms with E-state index in [1.165, 1.54) is 0 Å². The summed E-state index contributed by atoms with van der Waals surface area (Å²) >= 11 is 0. The Hall–Kier alpha value is -1.72. The normalized spacial score (nSPS) is 9.00. The number of carbonyl (C=O) groups excluding carboxylic acids is 4. The Kier molecular flexibility index (Phi) is 5.13. The monoisotopic (exact) mass is 202 g/mol. The van der Waals surface area contributed by atoms with Crippen molar-refractivity contribution in [1.82, 2.24) is 0 Å². The van der Waals surface area contributed by atoms with Crippen molar-refractivity contribution >= 4 is 23.9 Å². The highest BCUT2D eigenvalue weighted by Crippen LogP contribution is 1.96. The average Bonchev–Trinajstić information content (AvgIpc) is 1.98. The molecule has 0 amide bonds. The Morgan fingerprint density at radius 3 is 1.29 bits per heavy atom. The average molecular weight is 202 g/mol. The molecule has 0 saturated carbocycles. The minimum absolute atomic E-state index is 0.286. The van der Waals surface area contributed by atoms with Crippen LogP contribution in [-0.2, 0) is 28.7 Å². The van der Waals surface area contributed by atoms with Crippen LogP contribution in [0.1, 0.15) is 26.7 Å². The van der Waals surface area contributed by atoms with Crippen molar-refractivity contribution in [1.29, 1.82) is 0 Å². The van der Waals surface area contributed by atoms with Crippen LogP contribution in [0, 0.1) is 0 Å². The number of hydrogen-bond acceptors (Lipinski definition) is 6. The van der Waals surface area contributed by atoms with Gasteiger partial charge in [-0.15, -0.1) is 0 Å². The van der Waals surface area contributed by atoms with E-state index in [4.69, 9.17) is 0 Å². The second-order valence-electron chi connectivity index (χ2n) is 2.43. The van der Waals surface area contributed by atoms with Crippen LogP contribution in [0.5, 0.6) is 0 Å². The molecule has 78 valence electrons. The van der Waals surface area contributed by atoms with E-state index in [0.29, 0.717) is 0 Å². The topological polar surface area (TPSA) is 86.7 Å². The Morgan fingerprint density at radius 1 is 0.786 bits per heavy atom. The van der Waals surface area contributed by atoms with Gasteiger partial charge >= 0.3 is 23.9 Å². The fraction of sp³-hybridized carbons (Fsp3) is 0.500. The Morgan fingerprint density at radius 2 is 1.07 bits per heavy atom. The minimum atomic E-state index is -0.821. The molecule has 0 aliphatic heterocycles. The SMILES string of the molecule is CC(=O)OC(=O)CCC(=O)OC(C)=O. The van der Waals surface area contributed by atoms with Gasteiger partial charge < -0.3 is 9.47 Å². The molecule has 0 radical (unpaired) electrons. The molecule has 6 heteroatoms. The summed E-state index contributed by atoms with van der Waals surface area (Å²) in [5, 5.41) is 0. The molecule has 0 aliphatic carbocycles. The number of ether oxygens (including phenoxy) is 2. The number of carbonyl (C=O) groups is 4. The first-order valence-corrected chi connectivity index (χ1v) is 3.84. The van der Waals surface area contributed by atoms with Crippen LogP contribution < -0.4 is 0 Å². The highest BCUT2D eigenvalue weighted by atomic mass is 16.6. The van der Waals surface area contributed by atoms with Crippen molar-refractivity contribution in [2.75, 3.05) is 0 Å². The van der Waals surface area contributed by atoms with Crippen LogP contribution in [0.3, 0.4) is 0 Å². The molecule has 0 aromatic rings. The number of esters is 4. The van der Waals surface area contributed by atoms with Crippen molar-refractivity contribution in [3.63, 3.8) is 0 Å². The molecule has 14 heavy (non-hydrogen) atoms. The first-order valence-electron chi connectivity index (χ1n) is 3.84.